The number of hydrogen-bond acceptors (Lipinski definition) is 5. The maximum Gasteiger partial charge on any atom is 0.271 e. The Kier molecular flexibility index (Phi) is 5.57. The predicted octanol–water partition coefficient (Wildman–Crippen LogP) is 2.48. The number of carbonyl (C=O) groups is 1. The van der Waals surface area contributed by atoms with Gasteiger partial charge >= 0.3 is 0 Å². The van der Waals surface area contributed by atoms with Crippen LogP contribution in [0.4, 0.5) is 0 Å². The molecule has 6 nitrogen and oxygen atoms in total. The Hall–Kier alpha value is -3.02. The van der Waals surface area contributed by atoms with Crippen LogP contribution in [0.2, 0.25) is 0 Å². The molecule has 120 valence electrons. The van der Waals surface area contributed by atoms with Gasteiger partial charge in [-0.1, -0.05) is 12.1 Å². The third-order valence-electron chi connectivity index (χ3n) is 3.15. The molecule has 2 rings (SSSR count). The van der Waals surface area contributed by atoms with Crippen molar-refractivity contribution in [3.63, 3.8) is 0 Å². The standard InChI is InChI=1S/C17H18N2O4/c1-21-14-7-5-4-6-13(14)11-18-19-17(20)12-8-9-15(22-2)16(10-12)23-3/h4-11H,1-3H3,(H,19,20). The Bertz CT molecular complexity index is 713. The molecule has 6 heteroatoms. The number of carbonyl (C=O) groups excluding carboxylic acids is 1. The number of hydrogen-bond donors (Lipinski definition) is 1. The van der Waals surface area contributed by atoms with Gasteiger partial charge in [-0.25, -0.2) is 5.43 Å². The molecule has 0 saturated carbocycles. The average molecular weight is 314 g/mol. The number of hydrazone groups is 1. The molecule has 2 aromatic carbocycles. The van der Waals surface area contributed by atoms with Crippen LogP contribution in [0.25, 0.3) is 0 Å². The summed E-state index contributed by atoms with van der Waals surface area (Å²) in [4.78, 5) is 12.1. The molecule has 0 aromatic heterocycles. The molecule has 0 aliphatic carbocycles. The van der Waals surface area contributed by atoms with Crippen molar-refractivity contribution < 1.29 is 19.0 Å². The first kappa shape index (κ1) is 16.4. The van der Waals surface area contributed by atoms with E-state index < -0.39 is 0 Å². The van der Waals surface area contributed by atoms with Crippen LogP contribution in [0.15, 0.2) is 47.6 Å². The van der Waals surface area contributed by atoms with Crippen LogP contribution in [0.5, 0.6) is 17.2 Å². The summed E-state index contributed by atoms with van der Waals surface area (Å²) in [6.45, 7) is 0. The van der Waals surface area contributed by atoms with E-state index in [-0.39, 0.29) is 5.91 Å². The first-order valence-corrected chi connectivity index (χ1v) is 6.88. The summed E-state index contributed by atoms with van der Waals surface area (Å²) in [6, 6.07) is 12.3. The summed E-state index contributed by atoms with van der Waals surface area (Å²) in [7, 11) is 4.63. The van der Waals surface area contributed by atoms with Crippen LogP contribution < -0.4 is 19.6 Å². The summed E-state index contributed by atoms with van der Waals surface area (Å²) in [5.74, 6) is 1.36. The Morgan fingerprint density at radius 3 is 2.35 bits per heavy atom. The number of rotatable bonds is 6. The fraction of sp³-hybridized carbons (Fsp3) is 0.176. The minimum atomic E-state index is -0.350. The summed E-state index contributed by atoms with van der Waals surface area (Å²) < 4.78 is 15.5. The highest BCUT2D eigenvalue weighted by molar-refractivity contribution is 5.95. The minimum absolute atomic E-state index is 0.350. The van der Waals surface area contributed by atoms with Gasteiger partial charge in [0, 0.05) is 11.1 Å². The van der Waals surface area contributed by atoms with Crippen molar-refractivity contribution in [2.24, 2.45) is 5.10 Å². The fourth-order valence-corrected chi connectivity index (χ4v) is 1.98. The van der Waals surface area contributed by atoms with E-state index in [1.165, 1.54) is 20.4 Å². The molecule has 2 aromatic rings. The number of ether oxygens (including phenoxy) is 3. The second-order valence-corrected chi connectivity index (χ2v) is 4.51. The fourth-order valence-electron chi connectivity index (χ4n) is 1.98. The number of benzene rings is 2. The molecule has 0 bridgehead atoms. The average Bonchev–Trinajstić information content (AvgIpc) is 2.61. The largest absolute Gasteiger partial charge is 0.496 e. The molecule has 0 radical (unpaired) electrons. The van der Waals surface area contributed by atoms with Crippen molar-refractivity contribution in [3.05, 3.63) is 53.6 Å². The predicted molar refractivity (Wildman–Crippen MR) is 87.6 cm³/mol. The number of nitrogens with one attached hydrogen (secondary N) is 1. The molecule has 0 atom stereocenters. The summed E-state index contributed by atoms with van der Waals surface area (Å²) >= 11 is 0. The van der Waals surface area contributed by atoms with Crippen molar-refractivity contribution >= 4 is 12.1 Å². The lowest BCUT2D eigenvalue weighted by Gasteiger charge is -2.08. The zero-order valence-electron chi connectivity index (χ0n) is 13.2. The van der Waals surface area contributed by atoms with Crippen molar-refractivity contribution in [1.82, 2.24) is 5.43 Å². The molecule has 1 N–H and O–H groups in total. The van der Waals surface area contributed by atoms with Gasteiger partial charge in [0.2, 0.25) is 0 Å². The molecule has 0 unspecified atom stereocenters. The monoisotopic (exact) mass is 314 g/mol. The lowest BCUT2D eigenvalue weighted by atomic mass is 10.2. The summed E-state index contributed by atoms with van der Waals surface area (Å²) in [5.41, 5.74) is 3.65. The van der Waals surface area contributed by atoms with Crippen LogP contribution >= 0.6 is 0 Å². The van der Waals surface area contributed by atoms with Crippen LogP contribution in [0.1, 0.15) is 15.9 Å². The smallest absolute Gasteiger partial charge is 0.271 e. The summed E-state index contributed by atoms with van der Waals surface area (Å²) in [6.07, 6.45) is 1.53. The van der Waals surface area contributed by atoms with Gasteiger partial charge in [-0.2, -0.15) is 5.10 Å². The zero-order chi connectivity index (χ0) is 16.7. The molecule has 0 saturated heterocycles. The van der Waals surface area contributed by atoms with Gasteiger partial charge in [-0.05, 0) is 30.3 Å². The number of para-hydroxylation sites is 1. The molecule has 23 heavy (non-hydrogen) atoms. The van der Waals surface area contributed by atoms with Crippen LogP contribution in [0, 0.1) is 0 Å². The van der Waals surface area contributed by atoms with Crippen molar-refractivity contribution in [1.29, 1.82) is 0 Å². The third-order valence-corrected chi connectivity index (χ3v) is 3.15. The number of amides is 1. The molecule has 0 aliphatic rings. The van der Waals surface area contributed by atoms with Crippen LogP contribution in [-0.4, -0.2) is 33.5 Å². The molecule has 0 aliphatic heterocycles. The number of nitrogens with zero attached hydrogens (tertiary/aromatic N) is 1. The molecule has 1 amide bonds. The first-order chi connectivity index (χ1) is 11.2. The van der Waals surface area contributed by atoms with E-state index in [1.807, 2.05) is 24.3 Å². The van der Waals surface area contributed by atoms with Crippen LogP contribution in [-0.2, 0) is 0 Å². The first-order valence-electron chi connectivity index (χ1n) is 6.88. The minimum Gasteiger partial charge on any atom is -0.496 e. The second kappa shape index (κ2) is 7.84. The highest BCUT2D eigenvalue weighted by Crippen LogP contribution is 2.27. The van der Waals surface area contributed by atoms with E-state index in [2.05, 4.69) is 10.5 Å². The Morgan fingerprint density at radius 2 is 1.65 bits per heavy atom. The quantitative estimate of drug-likeness (QED) is 0.657. The Balaban J connectivity index is 2.09. The normalized spacial score (nSPS) is 10.4. The Labute approximate surface area is 134 Å². The van der Waals surface area contributed by atoms with Gasteiger partial charge in [-0.3, -0.25) is 4.79 Å². The zero-order valence-corrected chi connectivity index (χ0v) is 13.2. The van der Waals surface area contributed by atoms with Gasteiger partial charge < -0.3 is 14.2 Å². The van der Waals surface area contributed by atoms with E-state index >= 15 is 0 Å². The van der Waals surface area contributed by atoms with Crippen molar-refractivity contribution in [3.8, 4) is 17.2 Å². The van der Waals surface area contributed by atoms with Gasteiger partial charge in [0.25, 0.3) is 5.91 Å². The second-order valence-electron chi connectivity index (χ2n) is 4.51. The maximum atomic E-state index is 12.1. The van der Waals surface area contributed by atoms with Crippen molar-refractivity contribution in [2.75, 3.05) is 21.3 Å². The van der Waals surface area contributed by atoms with Crippen molar-refractivity contribution in [2.45, 2.75) is 0 Å². The third kappa shape index (κ3) is 4.00. The maximum absolute atomic E-state index is 12.1. The topological polar surface area (TPSA) is 69.2 Å². The van der Waals surface area contributed by atoms with Gasteiger partial charge in [0.15, 0.2) is 11.5 Å². The molecular weight excluding hydrogens is 296 g/mol. The van der Waals surface area contributed by atoms with E-state index in [0.29, 0.717) is 22.8 Å². The van der Waals surface area contributed by atoms with Gasteiger partial charge in [-0.15, -0.1) is 0 Å². The molecule has 0 fully saturated rings. The summed E-state index contributed by atoms with van der Waals surface area (Å²) in [5, 5.41) is 3.95. The lowest BCUT2D eigenvalue weighted by Crippen LogP contribution is -2.17. The van der Waals surface area contributed by atoms with E-state index in [4.69, 9.17) is 14.2 Å². The lowest BCUT2D eigenvalue weighted by molar-refractivity contribution is 0.0954. The van der Waals surface area contributed by atoms with E-state index in [9.17, 15) is 4.79 Å². The van der Waals surface area contributed by atoms with Gasteiger partial charge in [0.05, 0.1) is 27.5 Å². The van der Waals surface area contributed by atoms with Gasteiger partial charge in [0.1, 0.15) is 5.75 Å². The SMILES string of the molecule is COc1ccccc1C=NNC(=O)c1ccc(OC)c(OC)c1. The molecule has 0 heterocycles. The Morgan fingerprint density at radius 1 is 0.957 bits per heavy atom. The highest BCUT2D eigenvalue weighted by Gasteiger charge is 2.10. The molecule has 0 spiro atoms. The molecular formula is C17H18N2O4. The van der Waals surface area contributed by atoms with E-state index in [1.54, 1.807) is 25.3 Å². The van der Waals surface area contributed by atoms with E-state index in [0.717, 1.165) is 5.56 Å². The highest BCUT2D eigenvalue weighted by atomic mass is 16.5. The number of methoxy groups -OCH3 is 3. The van der Waals surface area contributed by atoms with Crippen LogP contribution in [0.3, 0.4) is 0 Å².